The van der Waals surface area contributed by atoms with E-state index >= 15 is 0 Å². The highest BCUT2D eigenvalue weighted by atomic mass is 35.5. The number of piperidine rings is 1. The molecule has 1 aliphatic heterocycles. The molecule has 0 spiro atoms. The molecule has 1 aromatic rings. The van der Waals surface area contributed by atoms with Gasteiger partial charge in [-0.05, 0) is 37.6 Å². The van der Waals surface area contributed by atoms with Gasteiger partial charge < -0.3 is 10.6 Å². The number of hydrogen-bond donors (Lipinski definition) is 2. The van der Waals surface area contributed by atoms with Crippen LogP contribution in [0.15, 0.2) is 18.2 Å². The average molecular weight is 264 g/mol. The quantitative estimate of drug-likeness (QED) is 0.860. The van der Waals surface area contributed by atoms with Gasteiger partial charge in [-0.2, -0.15) is 5.26 Å². The van der Waals surface area contributed by atoms with Gasteiger partial charge in [-0.25, -0.2) is 0 Å². The molecule has 2 N–H and O–H groups in total. The molecule has 1 heterocycles. The van der Waals surface area contributed by atoms with Crippen molar-refractivity contribution in [1.29, 1.82) is 5.26 Å². The molecule has 1 fully saturated rings. The van der Waals surface area contributed by atoms with E-state index in [-0.39, 0.29) is 11.9 Å². The molecule has 1 amide bonds. The van der Waals surface area contributed by atoms with Crippen LogP contribution in [0.5, 0.6) is 0 Å². The molecule has 18 heavy (non-hydrogen) atoms. The maximum atomic E-state index is 12.0. The molecule has 0 aliphatic carbocycles. The Morgan fingerprint density at radius 3 is 2.94 bits per heavy atom. The number of amides is 1. The number of nitrogens with one attached hydrogen (secondary N) is 2. The van der Waals surface area contributed by atoms with E-state index in [0.717, 1.165) is 25.8 Å². The van der Waals surface area contributed by atoms with Gasteiger partial charge in [0.05, 0.1) is 28.4 Å². The summed E-state index contributed by atoms with van der Waals surface area (Å²) in [5.74, 6) is -0.0682. The van der Waals surface area contributed by atoms with Gasteiger partial charge in [-0.15, -0.1) is 0 Å². The molecule has 0 saturated carbocycles. The molecule has 94 valence electrons. The van der Waals surface area contributed by atoms with Crippen molar-refractivity contribution in [1.82, 2.24) is 5.32 Å². The number of halogens is 1. The number of carbonyl (C=O) groups is 1. The zero-order chi connectivity index (χ0) is 13.0. The summed E-state index contributed by atoms with van der Waals surface area (Å²) in [6.45, 7) is 0.874. The molecular weight excluding hydrogens is 250 g/mol. The molecule has 4 nitrogen and oxygen atoms in total. The highest BCUT2D eigenvalue weighted by Crippen LogP contribution is 2.23. The van der Waals surface area contributed by atoms with Crippen molar-refractivity contribution in [2.75, 3.05) is 11.9 Å². The summed E-state index contributed by atoms with van der Waals surface area (Å²) in [5, 5.41) is 15.1. The number of nitrogens with zero attached hydrogens (tertiary/aromatic N) is 1. The first-order valence-electron chi connectivity index (χ1n) is 5.94. The van der Waals surface area contributed by atoms with E-state index in [1.165, 1.54) is 0 Å². The van der Waals surface area contributed by atoms with Gasteiger partial charge in [0, 0.05) is 0 Å². The predicted octanol–water partition coefficient (Wildman–Crippen LogP) is 2.29. The normalized spacial score (nSPS) is 19.0. The molecule has 0 unspecified atom stereocenters. The minimum Gasteiger partial charge on any atom is -0.323 e. The first-order chi connectivity index (χ1) is 8.70. The Labute approximate surface area is 111 Å². The summed E-state index contributed by atoms with van der Waals surface area (Å²) >= 11 is 6.00. The van der Waals surface area contributed by atoms with Crippen molar-refractivity contribution in [3.8, 4) is 6.07 Å². The van der Waals surface area contributed by atoms with Crippen molar-refractivity contribution in [3.63, 3.8) is 0 Å². The lowest BCUT2D eigenvalue weighted by Crippen LogP contribution is -2.43. The Kier molecular flexibility index (Phi) is 4.19. The number of benzene rings is 1. The molecule has 0 aromatic heterocycles. The molecule has 1 atom stereocenters. The van der Waals surface area contributed by atoms with Crippen molar-refractivity contribution in [2.24, 2.45) is 0 Å². The van der Waals surface area contributed by atoms with Gasteiger partial charge in [0.1, 0.15) is 0 Å². The van der Waals surface area contributed by atoms with Gasteiger partial charge in [0.15, 0.2) is 0 Å². The summed E-state index contributed by atoms with van der Waals surface area (Å²) in [6, 6.07) is 6.69. The minimum absolute atomic E-state index is 0.0682. The Hall–Kier alpha value is -1.57. The molecule has 1 aromatic carbocycles. The van der Waals surface area contributed by atoms with Crippen LogP contribution in [0, 0.1) is 11.3 Å². The van der Waals surface area contributed by atoms with Crippen LogP contribution in [0.4, 0.5) is 5.69 Å². The molecule has 0 radical (unpaired) electrons. The van der Waals surface area contributed by atoms with Crippen LogP contribution in [-0.4, -0.2) is 18.5 Å². The zero-order valence-electron chi connectivity index (χ0n) is 9.87. The molecular formula is C13H14ClN3O. The maximum Gasteiger partial charge on any atom is 0.241 e. The van der Waals surface area contributed by atoms with E-state index in [2.05, 4.69) is 10.6 Å². The van der Waals surface area contributed by atoms with E-state index in [1.54, 1.807) is 18.2 Å². The fraction of sp³-hybridized carbons (Fsp3) is 0.385. The summed E-state index contributed by atoms with van der Waals surface area (Å²) in [4.78, 5) is 12.0. The predicted molar refractivity (Wildman–Crippen MR) is 70.4 cm³/mol. The third-order valence-electron chi connectivity index (χ3n) is 2.98. The van der Waals surface area contributed by atoms with Crippen molar-refractivity contribution < 1.29 is 4.79 Å². The van der Waals surface area contributed by atoms with E-state index in [4.69, 9.17) is 16.9 Å². The van der Waals surface area contributed by atoms with Gasteiger partial charge >= 0.3 is 0 Å². The molecule has 5 heteroatoms. The first kappa shape index (κ1) is 12.9. The second kappa shape index (κ2) is 5.85. The molecule has 0 bridgehead atoms. The van der Waals surface area contributed by atoms with Gasteiger partial charge in [-0.3, -0.25) is 4.79 Å². The van der Waals surface area contributed by atoms with E-state index < -0.39 is 0 Å². The Bertz CT molecular complexity index is 489. The lowest BCUT2D eigenvalue weighted by atomic mass is 10.0. The molecule has 2 rings (SSSR count). The smallest absolute Gasteiger partial charge is 0.241 e. The minimum atomic E-state index is -0.148. The van der Waals surface area contributed by atoms with Gasteiger partial charge in [0.25, 0.3) is 0 Å². The highest BCUT2D eigenvalue weighted by molar-refractivity contribution is 6.33. The van der Waals surface area contributed by atoms with Crippen LogP contribution in [0.2, 0.25) is 5.02 Å². The van der Waals surface area contributed by atoms with Crippen molar-refractivity contribution in [2.45, 2.75) is 25.3 Å². The topological polar surface area (TPSA) is 64.9 Å². The Morgan fingerprint density at radius 1 is 1.50 bits per heavy atom. The van der Waals surface area contributed by atoms with Crippen LogP contribution in [0.25, 0.3) is 0 Å². The third kappa shape index (κ3) is 3.00. The fourth-order valence-corrected chi connectivity index (χ4v) is 2.21. The SMILES string of the molecule is N#Cc1ccc(NC(=O)[C@H]2CCCCN2)c(Cl)c1. The lowest BCUT2D eigenvalue weighted by molar-refractivity contribution is -0.118. The van der Waals surface area contributed by atoms with Crippen LogP contribution in [0.1, 0.15) is 24.8 Å². The van der Waals surface area contributed by atoms with Crippen molar-refractivity contribution >= 4 is 23.2 Å². The van der Waals surface area contributed by atoms with Crippen LogP contribution in [0.3, 0.4) is 0 Å². The standard InChI is InChI=1S/C13H14ClN3O/c14-10-7-9(8-15)4-5-11(10)17-13(18)12-3-1-2-6-16-12/h4-5,7,12,16H,1-3,6H2,(H,17,18)/t12-/m1/s1. The number of hydrogen-bond acceptors (Lipinski definition) is 3. The lowest BCUT2D eigenvalue weighted by Gasteiger charge is -2.22. The maximum absolute atomic E-state index is 12.0. The Balaban J connectivity index is 2.04. The summed E-state index contributed by atoms with van der Waals surface area (Å²) in [6.07, 6.45) is 3.02. The number of carbonyl (C=O) groups excluding carboxylic acids is 1. The zero-order valence-corrected chi connectivity index (χ0v) is 10.6. The highest BCUT2D eigenvalue weighted by Gasteiger charge is 2.20. The second-order valence-electron chi connectivity index (χ2n) is 4.30. The van der Waals surface area contributed by atoms with Crippen LogP contribution in [-0.2, 0) is 4.79 Å². The monoisotopic (exact) mass is 263 g/mol. The van der Waals surface area contributed by atoms with E-state index in [9.17, 15) is 4.79 Å². The van der Waals surface area contributed by atoms with Crippen molar-refractivity contribution in [3.05, 3.63) is 28.8 Å². The second-order valence-corrected chi connectivity index (χ2v) is 4.71. The van der Waals surface area contributed by atoms with E-state index in [1.807, 2.05) is 6.07 Å². The number of anilines is 1. The van der Waals surface area contributed by atoms with Gasteiger partial charge in [-0.1, -0.05) is 18.0 Å². The largest absolute Gasteiger partial charge is 0.323 e. The Morgan fingerprint density at radius 2 is 2.33 bits per heavy atom. The molecule has 1 saturated heterocycles. The third-order valence-corrected chi connectivity index (χ3v) is 3.30. The summed E-state index contributed by atoms with van der Waals surface area (Å²) in [7, 11) is 0. The number of rotatable bonds is 2. The molecule has 1 aliphatic rings. The van der Waals surface area contributed by atoms with Crippen LogP contribution >= 0.6 is 11.6 Å². The van der Waals surface area contributed by atoms with Crippen LogP contribution < -0.4 is 10.6 Å². The average Bonchev–Trinajstić information content (AvgIpc) is 2.42. The fourth-order valence-electron chi connectivity index (χ4n) is 1.98. The van der Waals surface area contributed by atoms with E-state index in [0.29, 0.717) is 16.3 Å². The summed E-state index contributed by atoms with van der Waals surface area (Å²) < 4.78 is 0. The summed E-state index contributed by atoms with van der Waals surface area (Å²) in [5.41, 5.74) is 1.03. The van der Waals surface area contributed by atoms with Gasteiger partial charge in [0.2, 0.25) is 5.91 Å². The first-order valence-corrected chi connectivity index (χ1v) is 6.32. The number of nitriles is 1.